The lowest BCUT2D eigenvalue weighted by Crippen LogP contribution is -2.14. The highest BCUT2D eigenvalue weighted by Crippen LogP contribution is 2.30. The van der Waals surface area contributed by atoms with Gasteiger partial charge in [-0.25, -0.2) is 4.98 Å². The Hall–Kier alpha value is -3.66. The minimum absolute atomic E-state index is 0.0498. The van der Waals surface area contributed by atoms with Crippen molar-refractivity contribution < 1.29 is 19.1 Å². The highest BCUT2D eigenvalue weighted by atomic mass is 16.6. The first-order valence-electron chi connectivity index (χ1n) is 8.27. The average molecular weight is 385 g/mol. The molecule has 0 bridgehead atoms. The molecule has 0 saturated heterocycles. The topological polar surface area (TPSA) is 138 Å². The maximum atomic E-state index is 10.8. The Balaban J connectivity index is 1.70. The molecule has 10 heteroatoms. The molecule has 0 radical (unpaired) electrons. The lowest BCUT2D eigenvalue weighted by Gasteiger charge is -2.12. The Morgan fingerprint density at radius 3 is 2.68 bits per heavy atom. The Labute approximate surface area is 160 Å². The lowest BCUT2D eigenvalue weighted by molar-refractivity contribution is -0.384. The van der Waals surface area contributed by atoms with Crippen LogP contribution >= 0.6 is 0 Å². The molecule has 10 nitrogen and oxygen atoms in total. The molecular formula is C18H19N5O5. The number of aromatic amines is 1. The van der Waals surface area contributed by atoms with Crippen LogP contribution in [0.1, 0.15) is 23.3 Å². The number of nitrogens with two attached hydrogens (primary N) is 1. The number of non-ortho nitro benzene ring substituents is 1. The minimum atomic E-state index is -0.581. The van der Waals surface area contributed by atoms with E-state index < -0.39 is 11.0 Å². The number of nitrogens with zero attached hydrogens (tertiary/aromatic N) is 3. The summed E-state index contributed by atoms with van der Waals surface area (Å²) in [4.78, 5) is 14.7. The summed E-state index contributed by atoms with van der Waals surface area (Å²) < 4.78 is 16.0. The third kappa shape index (κ3) is 4.18. The SMILES string of the molecule is COc1ccc(C(N)c2n[nH]c(COc3cccc([N+](=O)[O-])c3)n2)cc1OC. The van der Waals surface area contributed by atoms with Gasteiger partial charge in [-0.15, -0.1) is 0 Å². The maximum Gasteiger partial charge on any atom is 0.273 e. The van der Waals surface area contributed by atoms with Gasteiger partial charge in [-0.2, -0.15) is 5.10 Å². The van der Waals surface area contributed by atoms with Gasteiger partial charge in [0.05, 0.1) is 31.3 Å². The van der Waals surface area contributed by atoms with Crippen LogP contribution in [0.4, 0.5) is 5.69 Å². The number of nitro groups is 1. The number of hydrogen-bond acceptors (Lipinski definition) is 8. The Kier molecular flexibility index (Phi) is 5.70. The van der Waals surface area contributed by atoms with Crippen LogP contribution in [0, 0.1) is 10.1 Å². The number of hydrogen-bond donors (Lipinski definition) is 2. The summed E-state index contributed by atoms with van der Waals surface area (Å²) in [5, 5.41) is 17.7. The number of methoxy groups -OCH3 is 2. The summed E-state index contributed by atoms with van der Waals surface area (Å²) in [6, 6.07) is 10.6. The van der Waals surface area contributed by atoms with Gasteiger partial charge in [0.15, 0.2) is 23.1 Å². The van der Waals surface area contributed by atoms with Crippen LogP contribution < -0.4 is 19.9 Å². The lowest BCUT2D eigenvalue weighted by atomic mass is 10.1. The molecular weight excluding hydrogens is 366 g/mol. The number of nitrogens with one attached hydrogen (secondary N) is 1. The van der Waals surface area contributed by atoms with E-state index in [1.807, 2.05) is 6.07 Å². The molecule has 146 valence electrons. The van der Waals surface area contributed by atoms with E-state index in [-0.39, 0.29) is 12.3 Å². The maximum absolute atomic E-state index is 10.8. The second-order valence-corrected chi connectivity index (χ2v) is 5.78. The van der Waals surface area contributed by atoms with Crippen molar-refractivity contribution in [3.63, 3.8) is 0 Å². The van der Waals surface area contributed by atoms with Crippen molar-refractivity contribution in [3.8, 4) is 17.2 Å². The molecule has 0 amide bonds. The highest BCUT2D eigenvalue weighted by molar-refractivity contribution is 5.44. The predicted octanol–water partition coefficient (Wildman–Crippen LogP) is 2.36. The van der Waals surface area contributed by atoms with E-state index in [1.165, 1.54) is 12.1 Å². The van der Waals surface area contributed by atoms with E-state index in [0.29, 0.717) is 28.9 Å². The summed E-state index contributed by atoms with van der Waals surface area (Å²) >= 11 is 0. The first-order valence-corrected chi connectivity index (χ1v) is 8.27. The van der Waals surface area contributed by atoms with Crippen molar-refractivity contribution in [1.29, 1.82) is 0 Å². The largest absolute Gasteiger partial charge is 0.493 e. The van der Waals surface area contributed by atoms with Crippen molar-refractivity contribution in [2.45, 2.75) is 12.6 Å². The molecule has 0 aliphatic carbocycles. The van der Waals surface area contributed by atoms with E-state index in [1.54, 1.807) is 38.5 Å². The molecule has 0 saturated carbocycles. The van der Waals surface area contributed by atoms with Crippen LogP contribution in [0.5, 0.6) is 17.2 Å². The van der Waals surface area contributed by atoms with E-state index in [9.17, 15) is 10.1 Å². The number of ether oxygens (including phenoxy) is 3. The molecule has 3 rings (SSSR count). The summed E-state index contributed by atoms with van der Waals surface area (Å²) in [6.45, 7) is 0.0623. The van der Waals surface area contributed by atoms with E-state index in [4.69, 9.17) is 19.9 Å². The van der Waals surface area contributed by atoms with Gasteiger partial charge in [-0.3, -0.25) is 15.2 Å². The normalized spacial score (nSPS) is 11.7. The zero-order chi connectivity index (χ0) is 20.1. The quantitative estimate of drug-likeness (QED) is 0.445. The van der Waals surface area contributed by atoms with E-state index in [2.05, 4.69) is 15.2 Å². The summed E-state index contributed by atoms with van der Waals surface area (Å²) in [5.74, 6) is 2.33. The first-order chi connectivity index (χ1) is 13.5. The average Bonchev–Trinajstić information content (AvgIpc) is 3.20. The van der Waals surface area contributed by atoms with Crippen LogP contribution in [-0.4, -0.2) is 34.3 Å². The second-order valence-electron chi connectivity index (χ2n) is 5.78. The van der Waals surface area contributed by atoms with Crippen molar-refractivity contribution in [1.82, 2.24) is 15.2 Å². The monoisotopic (exact) mass is 385 g/mol. The zero-order valence-electron chi connectivity index (χ0n) is 15.3. The third-order valence-corrected chi connectivity index (χ3v) is 4.00. The predicted molar refractivity (Wildman–Crippen MR) is 99.4 cm³/mol. The molecule has 1 aromatic heterocycles. The second kappa shape index (κ2) is 8.35. The number of nitro benzene ring substituents is 1. The van der Waals surface area contributed by atoms with Crippen LogP contribution in [-0.2, 0) is 6.61 Å². The summed E-state index contributed by atoms with van der Waals surface area (Å²) in [7, 11) is 3.10. The van der Waals surface area contributed by atoms with Gasteiger partial charge < -0.3 is 19.9 Å². The number of H-pyrrole nitrogens is 1. The molecule has 0 aliphatic rings. The fraction of sp³-hybridized carbons (Fsp3) is 0.222. The third-order valence-electron chi connectivity index (χ3n) is 4.00. The molecule has 3 N–H and O–H groups in total. The van der Waals surface area contributed by atoms with Crippen LogP contribution in [0.15, 0.2) is 42.5 Å². The van der Waals surface area contributed by atoms with E-state index in [0.717, 1.165) is 5.56 Å². The van der Waals surface area contributed by atoms with Crippen molar-refractivity contribution >= 4 is 5.69 Å². The smallest absolute Gasteiger partial charge is 0.273 e. The number of aromatic nitrogens is 3. The van der Waals surface area contributed by atoms with Gasteiger partial charge in [0, 0.05) is 6.07 Å². The van der Waals surface area contributed by atoms with Crippen LogP contribution in [0.2, 0.25) is 0 Å². The molecule has 0 fully saturated rings. The standard InChI is InChI=1S/C18H19N5O5/c1-26-14-7-6-11(8-15(14)27-2)17(19)18-20-16(21-22-18)10-28-13-5-3-4-12(9-13)23(24)25/h3-9,17H,10,19H2,1-2H3,(H,20,21,22). The Morgan fingerprint density at radius 2 is 1.96 bits per heavy atom. The van der Waals surface area contributed by atoms with Crippen LogP contribution in [0.3, 0.4) is 0 Å². The van der Waals surface area contributed by atoms with E-state index >= 15 is 0 Å². The highest BCUT2D eigenvalue weighted by Gasteiger charge is 2.17. The molecule has 0 aliphatic heterocycles. The van der Waals surface area contributed by atoms with Gasteiger partial charge in [0.25, 0.3) is 5.69 Å². The number of benzene rings is 2. The van der Waals surface area contributed by atoms with Gasteiger partial charge in [-0.05, 0) is 23.8 Å². The first kappa shape index (κ1) is 19.1. The molecule has 0 spiro atoms. The molecule has 1 atom stereocenters. The fourth-order valence-corrected chi connectivity index (χ4v) is 2.55. The van der Waals surface area contributed by atoms with Gasteiger partial charge in [0.1, 0.15) is 12.4 Å². The Morgan fingerprint density at radius 1 is 1.18 bits per heavy atom. The van der Waals surface area contributed by atoms with Gasteiger partial charge in [-0.1, -0.05) is 12.1 Å². The van der Waals surface area contributed by atoms with Crippen molar-refractivity contribution in [2.75, 3.05) is 14.2 Å². The minimum Gasteiger partial charge on any atom is -0.493 e. The van der Waals surface area contributed by atoms with Gasteiger partial charge >= 0.3 is 0 Å². The molecule has 2 aromatic carbocycles. The molecule has 1 heterocycles. The summed E-state index contributed by atoms with van der Waals surface area (Å²) in [6.07, 6.45) is 0. The van der Waals surface area contributed by atoms with Crippen molar-refractivity contribution in [2.24, 2.45) is 5.73 Å². The van der Waals surface area contributed by atoms with Crippen molar-refractivity contribution in [3.05, 3.63) is 69.8 Å². The molecule has 3 aromatic rings. The molecule has 28 heavy (non-hydrogen) atoms. The number of rotatable bonds is 8. The Bertz CT molecular complexity index is 975. The van der Waals surface area contributed by atoms with Gasteiger partial charge in [0.2, 0.25) is 0 Å². The molecule has 1 unspecified atom stereocenters. The van der Waals surface area contributed by atoms with Crippen LogP contribution in [0.25, 0.3) is 0 Å². The fourth-order valence-electron chi connectivity index (χ4n) is 2.55. The zero-order valence-corrected chi connectivity index (χ0v) is 15.3. The summed E-state index contributed by atoms with van der Waals surface area (Å²) in [5.41, 5.74) is 6.95.